The maximum Gasteiger partial charge on any atom is 0.344 e. The van der Waals surface area contributed by atoms with Gasteiger partial charge in [0.05, 0.1) is 28.7 Å². The number of aryl methyl sites for hydroxylation is 1. The van der Waals surface area contributed by atoms with Gasteiger partial charge in [-0.3, -0.25) is 4.79 Å². The van der Waals surface area contributed by atoms with Crippen LogP contribution in [0.5, 0.6) is 11.5 Å². The van der Waals surface area contributed by atoms with Gasteiger partial charge in [-0.15, -0.1) is 0 Å². The average Bonchev–Trinajstić information content (AvgIpc) is 3.24. The monoisotopic (exact) mass is 597 g/mol. The van der Waals surface area contributed by atoms with Gasteiger partial charge in [0, 0.05) is 5.56 Å². The minimum Gasteiger partial charge on any atom is -0.506 e. The molecule has 3 aromatic carbocycles. The summed E-state index contributed by atoms with van der Waals surface area (Å²) in [6, 6.07) is 17.4. The predicted octanol–water partition coefficient (Wildman–Crippen LogP) is 7.59. The van der Waals surface area contributed by atoms with Crippen molar-refractivity contribution in [3.05, 3.63) is 109 Å². The molecular formula is C30H25Cl2NO6S. The largest absolute Gasteiger partial charge is 0.506 e. The van der Waals surface area contributed by atoms with E-state index in [9.17, 15) is 14.7 Å². The maximum absolute atomic E-state index is 12.8. The van der Waals surface area contributed by atoms with Crippen molar-refractivity contribution in [1.82, 2.24) is 0 Å². The van der Waals surface area contributed by atoms with E-state index in [1.807, 2.05) is 13.0 Å². The molecule has 1 N–H and O–H groups in total. The minimum absolute atomic E-state index is 0.0568. The Morgan fingerprint density at radius 3 is 2.42 bits per heavy atom. The Morgan fingerprint density at radius 2 is 1.75 bits per heavy atom. The van der Waals surface area contributed by atoms with Crippen LogP contribution in [0.25, 0.3) is 6.08 Å². The van der Waals surface area contributed by atoms with Crippen LogP contribution in [0.15, 0.2) is 81.9 Å². The van der Waals surface area contributed by atoms with Crippen LogP contribution in [-0.2, 0) is 16.1 Å². The molecule has 0 atom stereocenters. The van der Waals surface area contributed by atoms with Gasteiger partial charge in [-0.05, 0) is 67.4 Å². The first-order valence-corrected chi connectivity index (χ1v) is 13.7. The predicted molar refractivity (Wildman–Crippen MR) is 159 cm³/mol. The fourth-order valence-electron chi connectivity index (χ4n) is 3.68. The van der Waals surface area contributed by atoms with Gasteiger partial charge in [0.2, 0.25) is 0 Å². The Labute approximate surface area is 246 Å². The topological polar surface area (TPSA) is 94.4 Å². The molecule has 0 aromatic heterocycles. The summed E-state index contributed by atoms with van der Waals surface area (Å²) in [6.07, 6.45) is 1.66. The summed E-state index contributed by atoms with van der Waals surface area (Å²) < 4.78 is 16.5. The number of esters is 1. The number of hydrogen-bond acceptors (Lipinski definition) is 7. The lowest BCUT2D eigenvalue weighted by Crippen LogP contribution is -2.14. The molecule has 0 aliphatic carbocycles. The molecule has 0 radical (unpaired) electrons. The van der Waals surface area contributed by atoms with E-state index in [0.717, 1.165) is 22.9 Å². The van der Waals surface area contributed by atoms with Crippen molar-refractivity contribution in [2.75, 3.05) is 13.7 Å². The first kappa shape index (κ1) is 29.3. The molecule has 0 saturated carbocycles. The van der Waals surface area contributed by atoms with E-state index in [4.69, 9.17) is 37.4 Å². The second-order valence-corrected chi connectivity index (χ2v) is 10.4. The fourth-order valence-corrected chi connectivity index (χ4v) is 5.01. The second kappa shape index (κ2) is 13.1. The first-order chi connectivity index (χ1) is 19.2. The molecule has 1 aliphatic heterocycles. The molecule has 3 aromatic rings. The van der Waals surface area contributed by atoms with E-state index >= 15 is 0 Å². The Kier molecular flexibility index (Phi) is 9.58. The molecule has 40 heavy (non-hydrogen) atoms. The molecule has 0 saturated heterocycles. The van der Waals surface area contributed by atoms with Gasteiger partial charge in [-0.1, -0.05) is 64.8 Å². The third-order valence-corrected chi connectivity index (χ3v) is 7.49. The number of aliphatic hydroxyl groups is 1. The third-order valence-electron chi connectivity index (χ3n) is 5.74. The molecule has 1 heterocycles. The number of nitrogens with zero attached hydrogens (tertiary/aromatic N) is 1. The molecular weight excluding hydrogens is 573 g/mol. The lowest BCUT2D eigenvalue weighted by molar-refractivity contribution is -0.138. The summed E-state index contributed by atoms with van der Waals surface area (Å²) in [7, 11) is 1.51. The summed E-state index contributed by atoms with van der Waals surface area (Å²) >= 11 is 13.1. The molecule has 0 fully saturated rings. The van der Waals surface area contributed by atoms with Crippen molar-refractivity contribution in [2.24, 2.45) is 4.99 Å². The van der Waals surface area contributed by atoms with Gasteiger partial charge in [0.15, 0.2) is 11.5 Å². The number of carbonyl (C=O) groups excluding carboxylic acids is 2. The average molecular weight is 599 g/mol. The number of thioether (sulfide) groups is 1. The van der Waals surface area contributed by atoms with Crippen LogP contribution in [0.4, 0.5) is 0 Å². The Morgan fingerprint density at radius 1 is 1.00 bits per heavy atom. The van der Waals surface area contributed by atoms with Crippen molar-refractivity contribution in [3.8, 4) is 11.5 Å². The first-order valence-electron chi connectivity index (χ1n) is 12.1. The van der Waals surface area contributed by atoms with Crippen LogP contribution in [0.3, 0.4) is 0 Å². The molecule has 0 spiro atoms. The summed E-state index contributed by atoms with van der Waals surface area (Å²) in [5.74, 6) is -0.682. The highest BCUT2D eigenvalue weighted by molar-refractivity contribution is 8.18. The number of benzene rings is 3. The van der Waals surface area contributed by atoms with Crippen LogP contribution in [-0.4, -0.2) is 35.7 Å². The van der Waals surface area contributed by atoms with E-state index < -0.39 is 11.9 Å². The number of carbonyl (C=O) groups is 2. The molecule has 0 bridgehead atoms. The second-order valence-electron chi connectivity index (χ2n) is 8.59. The van der Waals surface area contributed by atoms with Crippen LogP contribution in [0.1, 0.15) is 34.0 Å². The standard InChI is InChI=1S/C30H25Cl2NO6S/c1-4-38-30(36)26-27(34)25(40-29(26)33-28(35)20-9-5-17(2)6-10-20)15-18-8-12-23(24(14-18)37-3)39-16-19-7-11-21(31)22(32)13-19/h5-15,34H,4,16H2,1-3H3/b25-15-,33-29?. The van der Waals surface area contributed by atoms with Crippen molar-refractivity contribution in [3.63, 3.8) is 0 Å². The zero-order valence-corrected chi connectivity index (χ0v) is 24.2. The van der Waals surface area contributed by atoms with Gasteiger partial charge < -0.3 is 19.3 Å². The SMILES string of the molecule is CCOC(=O)C1=C(O)/C(=C/c2ccc(OCc3ccc(Cl)c(Cl)c3)c(OC)c2)SC1=NC(=O)c1ccc(C)cc1. The number of hydrogen-bond donors (Lipinski definition) is 1. The minimum atomic E-state index is -0.769. The van der Waals surface area contributed by atoms with E-state index in [1.54, 1.807) is 67.6 Å². The van der Waals surface area contributed by atoms with Gasteiger partial charge >= 0.3 is 5.97 Å². The third kappa shape index (κ3) is 6.88. The van der Waals surface area contributed by atoms with Gasteiger partial charge in [0.25, 0.3) is 5.91 Å². The van der Waals surface area contributed by atoms with Gasteiger partial charge in [-0.25, -0.2) is 9.79 Å². The van der Waals surface area contributed by atoms with Crippen molar-refractivity contribution in [1.29, 1.82) is 0 Å². The maximum atomic E-state index is 12.8. The molecule has 1 aliphatic rings. The van der Waals surface area contributed by atoms with E-state index in [1.165, 1.54) is 7.11 Å². The summed E-state index contributed by atoms with van der Waals surface area (Å²) in [6.45, 7) is 3.90. The normalized spacial score (nSPS) is 15.0. The lowest BCUT2D eigenvalue weighted by Gasteiger charge is -2.12. The quantitative estimate of drug-likeness (QED) is 0.267. The Bertz CT molecular complexity index is 1550. The summed E-state index contributed by atoms with van der Waals surface area (Å²) in [5, 5.41) is 11.9. The summed E-state index contributed by atoms with van der Waals surface area (Å²) in [5.41, 5.74) is 2.68. The zero-order valence-electron chi connectivity index (χ0n) is 21.9. The molecule has 7 nitrogen and oxygen atoms in total. The van der Waals surface area contributed by atoms with Crippen LogP contribution in [0.2, 0.25) is 10.0 Å². The zero-order chi connectivity index (χ0) is 28.8. The lowest BCUT2D eigenvalue weighted by atomic mass is 10.1. The highest BCUT2D eigenvalue weighted by atomic mass is 35.5. The van der Waals surface area contributed by atoms with E-state index in [2.05, 4.69) is 4.99 Å². The van der Waals surface area contributed by atoms with Crippen molar-refractivity contribution >= 4 is 58.0 Å². The Balaban J connectivity index is 1.61. The van der Waals surface area contributed by atoms with Crippen molar-refractivity contribution < 1.29 is 28.9 Å². The number of ether oxygens (including phenoxy) is 3. The molecule has 206 valence electrons. The molecule has 10 heteroatoms. The highest BCUT2D eigenvalue weighted by Gasteiger charge is 2.34. The fraction of sp³-hybridized carbons (Fsp3) is 0.167. The number of halogens is 2. The number of rotatable bonds is 8. The van der Waals surface area contributed by atoms with Crippen LogP contribution < -0.4 is 9.47 Å². The van der Waals surface area contributed by atoms with Crippen LogP contribution in [0, 0.1) is 6.92 Å². The van der Waals surface area contributed by atoms with E-state index in [-0.39, 0.29) is 29.6 Å². The Hall–Kier alpha value is -3.72. The molecule has 4 rings (SSSR count). The van der Waals surface area contributed by atoms with E-state index in [0.29, 0.717) is 37.6 Å². The smallest absolute Gasteiger partial charge is 0.344 e. The number of aliphatic hydroxyl groups excluding tert-OH is 1. The number of aliphatic imine (C=N–C) groups is 1. The van der Waals surface area contributed by atoms with Crippen LogP contribution >= 0.6 is 35.0 Å². The number of amides is 1. The highest BCUT2D eigenvalue weighted by Crippen LogP contribution is 2.40. The van der Waals surface area contributed by atoms with Gasteiger partial charge in [0.1, 0.15) is 23.0 Å². The van der Waals surface area contributed by atoms with Crippen molar-refractivity contribution in [2.45, 2.75) is 20.5 Å². The molecule has 1 amide bonds. The molecule has 0 unspecified atom stereocenters. The summed E-state index contributed by atoms with van der Waals surface area (Å²) in [4.78, 5) is 29.9. The van der Waals surface area contributed by atoms with Gasteiger partial charge in [-0.2, -0.15) is 0 Å². The number of methoxy groups -OCH3 is 1.